The SMILES string of the molecule is Cc1cc(C)n(-c2ccc(C(=O)N3CCN4CCCCC4C3)cc2F)n1. The number of aryl methyl sites for hydroxylation is 2. The first-order chi connectivity index (χ1) is 12.5. The van der Waals surface area contributed by atoms with E-state index in [9.17, 15) is 9.18 Å². The van der Waals surface area contributed by atoms with Gasteiger partial charge in [-0.15, -0.1) is 0 Å². The van der Waals surface area contributed by atoms with Crippen LogP contribution in [0.2, 0.25) is 0 Å². The molecule has 0 aliphatic carbocycles. The Morgan fingerprint density at radius 1 is 1.15 bits per heavy atom. The zero-order chi connectivity index (χ0) is 18.3. The van der Waals surface area contributed by atoms with Gasteiger partial charge in [0.25, 0.3) is 5.91 Å². The molecule has 2 saturated heterocycles. The minimum Gasteiger partial charge on any atom is -0.336 e. The lowest BCUT2D eigenvalue weighted by Crippen LogP contribution is -2.56. The highest BCUT2D eigenvalue weighted by Gasteiger charge is 2.31. The second-order valence-corrected chi connectivity index (χ2v) is 7.44. The summed E-state index contributed by atoms with van der Waals surface area (Å²) in [4.78, 5) is 17.2. The van der Waals surface area contributed by atoms with E-state index in [1.54, 1.807) is 16.8 Å². The molecule has 0 spiro atoms. The van der Waals surface area contributed by atoms with Crippen molar-refractivity contribution in [1.29, 1.82) is 0 Å². The zero-order valence-corrected chi connectivity index (χ0v) is 15.4. The number of hydrogen-bond donors (Lipinski definition) is 0. The molecular weight excluding hydrogens is 331 g/mol. The van der Waals surface area contributed by atoms with Crippen molar-refractivity contribution in [2.75, 3.05) is 26.2 Å². The maximum atomic E-state index is 14.7. The summed E-state index contributed by atoms with van der Waals surface area (Å²) in [5, 5.41) is 4.33. The van der Waals surface area contributed by atoms with Crippen LogP contribution >= 0.6 is 0 Å². The van der Waals surface area contributed by atoms with Gasteiger partial charge in [0.2, 0.25) is 0 Å². The highest BCUT2D eigenvalue weighted by molar-refractivity contribution is 5.94. The van der Waals surface area contributed by atoms with Crippen LogP contribution in [0, 0.1) is 19.7 Å². The number of aromatic nitrogens is 2. The van der Waals surface area contributed by atoms with Gasteiger partial charge in [-0.3, -0.25) is 9.69 Å². The Kier molecular flexibility index (Phi) is 4.53. The van der Waals surface area contributed by atoms with Gasteiger partial charge in [-0.25, -0.2) is 9.07 Å². The topological polar surface area (TPSA) is 41.4 Å². The van der Waals surface area contributed by atoms with Gasteiger partial charge in [-0.2, -0.15) is 5.10 Å². The van der Waals surface area contributed by atoms with E-state index in [2.05, 4.69) is 10.00 Å². The van der Waals surface area contributed by atoms with E-state index in [0.717, 1.165) is 44.0 Å². The van der Waals surface area contributed by atoms with Crippen molar-refractivity contribution >= 4 is 5.91 Å². The minimum absolute atomic E-state index is 0.0750. The predicted molar refractivity (Wildman–Crippen MR) is 98.1 cm³/mol. The zero-order valence-electron chi connectivity index (χ0n) is 15.4. The van der Waals surface area contributed by atoms with Gasteiger partial charge in [0.05, 0.1) is 5.69 Å². The number of piperidine rings is 1. The van der Waals surface area contributed by atoms with Crippen LogP contribution < -0.4 is 0 Å². The van der Waals surface area contributed by atoms with Crippen molar-refractivity contribution in [3.63, 3.8) is 0 Å². The van der Waals surface area contributed by atoms with Gasteiger partial charge in [0, 0.05) is 36.9 Å². The number of rotatable bonds is 2. The van der Waals surface area contributed by atoms with E-state index >= 15 is 0 Å². The van der Waals surface area contributed by atoms with Crippen LogP contribution in [0.15, 0.2) is 24.3 Å². The first-order valence-electron chi connectivity index (χ1n) is 9.39. The fourth-order valence-electron chi connectivity index (χ4n) is 4.21. The molecule has 26 heavy (non-hydrogen) atoms. The summed E-state index contributed by atoms with van der Waals surface area (Å²) < 4.78 is 16.3. The number of halogens is 1. The molecule has 138 valence electrons. The average molecular weight is 356 g/mol. The van der Waals surface area contributed by atoms with E-state index in [0.29, 0.717) is 17.3 Å². The van der Waals surface area contributed by atoms with E-state index < -0.39 is 5.82 Å². The number of nitrogens with zero attached hydrogens (tertiary/aromatic N) is 4. The van der Waals surface area contributed by atoms with Crippen molar-refractivity contribution in [2.24, 2.45) is 0 Å². The standard InChI is InChI=1S/C20H25FN4O/c1-14-11-15(2)25(22-14)19-7-6-16(12-18(19)21)20(26)24-10-9-23-8-4-3-5-17(23)13-24/h6-7,11-12,17H,3-5,8-10,13H2,1-2H3. The van der Waals surface area contributed by atoms with Gasteiger partial charge in [0.15, 0.2) is 0 Å². The maximum absolute atomic E-state index is 14.7. The van der Waals surface area contributed by atoms with Gasteiger partial charge < -0.3 is 4.90 Å². The lowest BCUT2D eigenvalue weighted by atomic mass is 9.99. The molecular formula is C20H25FN4O. The molecule has 0 radical (unpaired) electrons. The van der Waals surface area contributed by atoms with Crippen molar-refractivity contribution in [3.05, 3.63) is 47.0 Å². The number of carbonyl (C=O) groups is 1. The molecule has 2 aliphatic rings. The molecule has 2 fully saturated rings. The summed E-state index contributed by atoms with van der Waals surface area (Å²) in [5.41, 5.74) is 2.50. The first-order valence-corrected chi connectivity index (χ1v) is 9.39. The van der Waals surface area contributed by atoms with E-state index in [4.69, 9.17) is 0 Å². The summed E-state index contributed by atoms with van der Waals surface area (Å²) in [6, 6.07) is 7.08. The Bertz CT molecular complexity index is 831. The van der Waals surface area contributed by atoms with Crippen molar-refractivity contribution in [3.8, 4) is 5.69 Å². The number of benzene rings is 1. The van der Waals surface area contributed by atoms with Crippen LogP contribution in [-0.4, -0.2) is 57.7 Å². The number of carbonyl (C=O) groups excluding carboxylic acids is 1. The Morgan fingerprint density at radius 2 is 2.00 bits per heavy atom. The quantitative estimate of drug-likeness (QED) is 0.831. The molecule has 0 N–H and O–H groups in total. The molecule has 2 aliphatic heterocycles. The van der Waals surface area contributed by atoms with Crippen molar-refractivity contribution in [2.45, 2.75) is 39.2 Å². The first kappa shape index (κ1) is 17.2. The molecule has 4 rings (SSSR count). The van der Waals surface area contributed by atoms with E-state index in [1.807, 2.05) is 24.8 Å². The largest absolute Gasteiger partial charge is 0.336 e. The van der Waals surface area contributed by atoms with Crippen LogP contribution in [0.25, 0.3) is 5.69 Å². The molecule has 1 aromatic carbocycles. The molecule has 1 unspecified atom stereocenters. The van der Waals surface area contributed by atoms with Crippen molar-refractivity contribution in [1.82, 2.24) is 19.6 Å². The lowest BCUT2D eigenvalue weighted by molar-refractivity contribution is 0.0372. The third-order valence-corrected chi connectivity index (χ3v) is 5.56. The van der Waals surface area contributed by atoms with Gasteiger partial charge in [-0.1, -0.05) is 6.42 Å². The molecule has 0 bridgehead atoms. The van der Waals surface area contributed by atoms with E-state index in [-0.39, 0.29) is 5.91 Å². The Morgan fingerprint density at radius 3 is 2.73 bits per heavy atom. The normalized spacial score (nSPS) is 20.9. The Balaban J connectivity index is 1.53. The monoisotopic (exact) mass is 356 g/mol. The summed E-state index contributed by atoms with van der Waals surface area (Å²) in [5.74, 6) is -0.493. The maximum Gasteiger partial charge on any atom is 0.254 e. The predicted octanol–water partition coefficient (Wildman–Crippen LogP) is 2.94. The smallest absolute Gasteiger partial charge is 0.254 e. The van der Waals surface area contributed by atoms with Gasteiger partial charge in [0.1, 0.15) is 11.5 Å². The van der Waals surface area contributed by atoms with E-state index in [1.165, 1.54) is 18.9 Å². The second kappa shape index (κ2) is 6.83. The summed E-state index contributed by atoms with van der Waals surface area (Å²) in [6.07, 6.45) is 3.63. The summed E-state index contributed by atoms with van der Waals surface area (Å²) in [7, 11) is 0. The van der Waals surface area contributed by atoms with Crippen LogP contribution in [0.3, 0.4) is 0 Å². The second-order valence-electron chi connectivity index (χ2n) is 7.44. The lowest BCUT2D eigenvalue weighted by Gasteiger charge is -2.44. The fourth-order valence-corrected chi connectivity index (χ4v) is 4.21. The van der Waals surface area contributed by atoms with Crippen LogP contribution in [-0.2, 0) is 0 Å². The molecule has 6 heteroatoms. The molecule has 5 nitrogen and oxygen atoms in total. The highest BCUT2D eigenvalue weighted by atomic mass is 19.1. The third-order valence-electron chi connectivity index (χ3n) is 5.56. The Labute approximate surface area is 153 Å². The minimum atomic E-state index is -0.418. The number of amides is 1. The number of fused-ring (bicyclic) bond motifs is 1. The highest BCUT2D eigenvalue weighted by Crippen LogP contribution is 2.23. The van der Waals surface area contributed by atoms with Crippen LogP contribution in [0.5, 0.6) is 0 Å². The van der Waals surface area contributed by atoms with Gasteiger partial charge in [-0.05, 0) is 57.5 Å². The Hall–Kier alpha value is -2.21. The van der Waals surface area contributed by atoms with Crippen molar-refractivity contribution < 1.29 is 9.18 Å². The third kappa shape index (κ3) is 3.14. The number of piperazine rings is 1. The molecule has 1 amide bonds. The molecule has 1 aromatic heterocycles. The molecule has 2 aromatic rings. The number of hydrogen-bond acceptors (Lipinski definition) is 3. The van der Waals surface area contributed by atoms with Gasteiger partial charge >= 0.3 is 0 Å². The average Bonchev–Trinajstić information content (AvgIpc) is 2.98. The molecule has 3 heterocycles. The summed E-state index contributed by atoms with van der Waals surface area (Å²) in [6.45, 7) is 7.30. The molecule has 0 saturated carbocycles. The summed E-state index contributed by atoms with van der Waals surface area (Å²) >= 11 is 0. The van der Waals surface area contributed by atoms with Crippen LogP contribution in [0.4, 0.5) is 4.39 Å². The fraction of sp³-hybridized carbons (Fsp3) is 0.500. The van der Waals surface area contributed by atoms with Crippen LogP contribution in [0.1, 0.15) is 41.0 Å². The molecule has 1 atom stereocenters.